The van der Waals surface area contributed by atoms with E-state index in [9.17, 15) is 9.90 Å². The molecule has 18 heavy (non-hydrogen) atoms. The lowest BCUT2D eigenvalue weighted by Gasteiger charge is -2.13. The van der Waals surface area contributed by atoms with Gasteiger partial charge in [-0.2, -0.15) is 0 Å². The van der Waals surface area contributed by atoms with Crippen LogP contribution < -0.4 is 5.32 Å². The fraction of sp³-hybridized carbons (Fsp3) is 0.571. The number of carbonyl (C=O) groups is 1. The molecule has 1 heterocycles. The first-order valence-electron chi connectivity index (χ1n) is 6.60. The SMILES string of the molecule is CCCCCCC(C)NC(=O)c1ncccc1O. The number of nitrogens with zero attached hydrogens (tertiary/aromatic N) is 1. The third-order valence-electron chi connectivity index (χ3n) is 2.87. The first-order chi connectivity index (χ1) is 8.65. The highest BCUT2D eigenvalue weighted by Gasteiger charge is 2.14. The second kappa shape index (κ2) is 7.69. The van der Waals surface area contributed by atoms with E-state index >= 15 is 0 Å². The van der Waals surface area contributed by atoms with Crippen LogP contribution in [-0.2, 0) is 0 Å². The largest absolute Gasteiger partial charge is 0.505 e. The van der Waals surface area contributed by atoms with E-state index in [4.69, 9.17) is 0 Å². The number of aromatic hydroxyl groups is 1. The molecule has 0 aliphatic rings. The van der Waals surface area contributed by atoms with E-state index in [2.05, 4.69) is 17.2 Å². The summed E-state index contributed by atoms with van der Waals surface area (Å²) < 4.78 is 0. The quantitative estimate of drug-likeness (QED) is 0.731. The van der Waals surface area contributed by atoms with E-state index in [0.717, 1.165) is 12.8 Å². The second-order valence-corrected chi connectivity index (χ2v) is 4.59. The molecule has 0 aromatic carbocycles. The zero-order valence-corrected chi connectivity index (χ0v) is 11.1. The number of aromatic nitrogens is 1. The van der Waals surface area contributed by atoms with Crippen molar-refractivity contribution in [1.82, 2.24) is 10.3 Å². The molecule has 1 unspecified atom stereocenters. The highest BCUT2D eigenvalue weighted by atomic mass is 16.3. The van der Waals surface area contributed by atoms with Gasteiger partial charge in [-0.3, -0.25) is 4.79 Å². The van der Waals surface area contributed by atoms with Crippen LogP contribution in [0, 0.1) is 0 Å². The molecule has 100 valence electrons. The molecule has 0 saturated carbocycles. The predicted molar refractivity (Wildman–Crippen MR) is 71.6 cm³/mol. The van der Waals surface area contributed by atoms with Crippen molar-refractivity contribution in [2.24, 2.45) is 0 Å². The van der Waals surface area contributed by atoms with Crippen molar-refractivity contribution < 1.29 is 9.90 Å². The first-order valence-corrected chi connectivity index (χ1v) is 6.60. The molecule has 0 bridgehead atoms. The summed E-state index contributed by atoms with van der Waals surface area (Å²) in [5.41, 5.74) is 0.0953. The van der Waals surface area contributed by atoms with Gasteiger partial charge in [-0.25, -0.2) is 4.98 Å². The number of nitrogens with one attached hydrogen (secondary N) is 1. The molecule has 0 saturated heterocycles. The van der Waals surface area contributed by atoms with Gasteiger partial charge in [0.05, 0.1) is 0 Å². The van der Waals surface area contributed by atoms with Crippen molar-refractivity contribution in [3.05, 3.63) is 24.0 Å². The van der Waals surface area contributed by atoms with Crippen LogP contribution in [0.5, 0.6) is 5.75 Å². The Kier molecular flexibility index (Phi) is 6.19. The van der Waals surface area contributed by atoms with Gasteiger partial charge in [-0.1, -0.05) is 32.6 Å². The molecule has 4 heteroatoms. The highest BCUT2D eigenvalue weighted by Crippen LogP contribution is 2.13. The molecule has 0 spiro atoms. The van der Waals surface area contributed by atoms with Crippen molar-refractivity contribution >= 4 is 5.91 Å². The highest BCUT2D eigenvalue weighted by molar-refractivity contribution is 5.94. The maximum atomic E-state index is 11.8. The Morgan fingerprint density at radius 3 is 2.89 bits per heavy atom. The molecule has 4 nitrogen and oxygen atoms in total. The zero-order chi connectivity index (χ0) is 13.4. The molecule has 1 rings (SSSR count). The third kappa shape index (κ3) is 4.73. The Balaban J connectivity index is 2.38. The van der Waals surface area contributed by atoms with E-state index in [1.807, 2.05) is 6.92 Å². The number of carbonyl (C=O) groups excluding carboxylic acids is 1. The van der Waals surface area contributed by atoms with E-state index < -0.39 is 0 Å². The molecule has 0 aliphatic carbocycles. The molecule has 0 aliphatic heterocycles. The normalized spacial score (nSPS) is 12.1. The molecule has 1 aromatic heterocycles. The van der Waals surface area contributed by atoms with Gasteiger partial charge in [-0.05, 0) is 25.5 Å². The van der Waals surface area contributed by atoms with Crippen LogP contribution in [0.4, 0.5) is 0 Å². The average molecular weight is 250 g/mol. The predicted octanol–water partition coefficient (Wildman–Crippen LogP) is 2.88. The number of rotatable bonds is 7. The number of amides is 1. The van der Waals surface area contributed by atoms with Gasteiger partial charge in [0.2, 0.25) is 0 Å². The van der Waals surface area contributed by atoms with Crippen LogP contribution in [0.2, 0.25) is 0 Å². The minimum atomic E-state index is -0.309. The molecular weight excluding hydrogens is 228 g/mol. The van der Waals surface area contributed by atoms with Gasteiger partial charge in [-0.15, -0.1) is 0 Å². The summed E-state index contributed by atoms with van der Waals surface area (Å²) in [6.07, 6.45) is 7.22. The van der Waals surface area contributed by atoms with Crippen LogP contribution in [-0.4, -0.2) is 22.0 Å². The number of pyridine rings is 1. The van der Waals surface area contributed by atoms with E-state index in [1.165, 1.54) is 31.5 Å². The number of hydrogen-bond donors (Lipinski definition) is 2. The molecule has 1 aromatic rings. The lowest BCUT2D eigenvalue weighted by Crippen LogP contribution is -2.33. The average Bonchev–Trinajstić information content (AvgIpc) is 2.35. The molecular formula is C14H22N2O2. The van der Waals surface area contributed by atoms with Crippen LogP contribution in [0.15, 0.2) is 18.3 Å². The Morgan fingerprint density at radius 2 is 2.22 bits per heavy atom. The summed E-state index contributed by atoms with van der Waals surface area (Å²) in [4.78, 5) is 15.7. The summed E-state index contributed by atoms with van der Waals surface area (Å²) in [5, 5.41) is 12.4. The summed E-state index contributed by atoms with van der Waals surface area (Å²) in [7, 11) is 0. The topological polar surface area (TPSA) is 62.2 Å². The van der Waals surface area contributed by atoms with Crippen molar-refractivity contribution in [2.75, 3.05) is 0 Å². The lowest BCUT2D eigenvalue weighted by molar-refractivity contribution is 0.0930. The van der Waals surface area contributed by atoms with Gasteiger partial charge < -0.3 is 10.4 Å². The Hall–Kier alpha value is -1.58. The summed E-state index contributed by atoms with van der Waals surface area (Å²) in [6, 6.07) is 3.17. The smallest absolute Gasteiger partial charge is 0.273 e. The van der Waals surface area contributed by atoms with Crippen LogP contribution >= 0.6 is 0 Å². The summed E-state index contributed by atoms with van der Waals surface area (Å²) in [5.74, 6) is -0.385. The fourth-order valence-electron chi connectivity index (χ4n) is 1.81. The Morgan fingerprint density at radius 1 is 1.44 bits per heavy atom. The van der Waals surface area contributed by atoms with Crippen LogP contribution in [0.25, 0.3) is 0 Å². The fourth-order valence-corrected chi connectivity index (χ4v) is 1.81. The van der Waals surface area contributed by atoms with Crippen LogP contribution in [0.1, 0.15) is 56.4 Å². The van der Waals surface area contributed by atoms with E-state index in [-0.39, 0.29) is 23.4 Å². The molecule has 2 N–H and O–H groups in total. The monoisotopic (exact) mass is 250 g/mol. The maximum absolute atomic E-state index is 11.8. The Bertz CT molecular complexity index is 380. The second-order valence-electron chi connectivity index (χ2n) is 4.59. The van der Waals surface area contributed by atoms with Crippen LogP contribution in [0.3, 0.4) is 0 Å². The zero-order valence-electron chi connectivity index (χ0n) is 11.1. The minimum Gasteiger partial charge on any atom is -0.505 e. The van der Waals surface area contributed by atoms with Crippen molar-refractivity contribution in [3.8, 4) is 5.75 Å². The van der Waals surface area contributed by atoms with Gasteiger partial charge in [0.25, 0.3) is 5.91 Å². The summed E-state index contributed by atoms with van der Waals surface area (Å²) in [6.45, 7) is 4.15. The number of unbranched alkanes of at least 4 members (excludes halogenated alkanes) is 3. The maximum Gasteiger partial charge on any atom is 0.273 e. The van der Waals surface area contributed by atoms with E-state index in [1.54, 1.807) is 6.07 Å². The standard InChI is InChI=1S/C14H22N2O2/c1-3-4-5-6-8-11(2)16-14(18)13-12(17)9-7-10-15-13/h7,9-11,17H,3-6,8H2,1-2H3,(H,16,18). The Labute approximate surface area is 108 Å². The van der Waals surface area contributed by atoms with Gasteiger partial charge >= 0.3 is 0 Å². The third-order valence-corrected chi connectivity index (χ3v) is 2.87. The number of hydrogen-bond acceptors (Lipinski definition) is 3. The first kappa shape index (κ1) is 14.5. The molecule has 1 amide bonds. The minimum absolute atomic E-state index is 0.0758. The van der Waals surface area contributed by atoms with Gasteiger partial charge in [0.15, 0.2) is 5.69 Å². The van der Waals surface area contributed by atoms with Gasteiger partial charge in [0, 0.05) is 12.2 Å². The van der Waals surface area contributed by atoms with Crippen molar-refractivity contribution in [2.45, 2.75) is 52.0 Å². The van der Waals surface area contributed by atoms with Crippen molar-refractivity contribution in [3.63, 3.8) is 0 Å². The lowest BCUT2D eigenvalue weighted by atomic mass is 10.1. The van der Waals surface area contributed by atoms with E-state index in [0.29, 0.717) is 0 Å². The van der Waals surface area contributed by atoms with Crippen molar-refractivity contribution in [1.29, 1.82) is 0 Å². The van der Waals surface area contributed by atoms with Gasteiger partial charge in [0.1, 0.15) is 5.75 Å². The molecule has 0 fully saturated rings. The summed E-state index contributed by atoms with van der Waals surface area (Å²) >= 11 is 0. The molecule has 1 atom stereocenters. The molecule has 0 radical (unpaired) electrons.